The summed E-state index contributed by atoms with van der Waals surface area (Å²) in [4.78, 5) is 24.6. The molecule has 1 saturated carbocycles. The van der Waals surface area contributed by atoms with Gasteiger partial charge < -0.3 is 10.6 Å². The predicted octanol–water partition coefficient (Wildman–Crippen LogP) is 3.47. The van der Waals surface area contributed by atoms with Crippen LogP contribution in [0.2, 0.25) is 0 Å². The number of carbonyl (C=O) groups is 2. The molecule has 2 N–H and O–H groups in total. The van der Waals surface area contributed by atoms with E-state index >= 15 is 0 Å². The van der Waals surface area contributed by atoms with Crippen LogP contribution in [0.1, 0.15) is 52.0 Å². The van der Waals surface area contributed by atoms with Crippen molar-refractivity contribution in [1.82, 2.24) is 10.6 Å². The van der Waals surface area contributed by atoms with Crippen LogP contribution in [0.4, 0.5) is 4.39 Å². The molecule has 1 fully saturated rings. The maximum absolute atomic E-state index is 12.9. The summed E-state index contributed by atoms with van der Waals surface area (Å²) >= 11 is 0. The van der Waals surface area contributed by atoms with E-state index in [4.69, 9.17) is 0 Å². The molecular weight excluding hydrogens is 331 g/mol. The monoisotopic (exact) mass is 354 g/mol. The summed E-state index contributed by atoms with van der Waals surface area (Å²) in [6.07, 6.45) is 4.97. The van der Waals surface area contributed by atoms with Crippen LogP contribution in [-0.4, -0.2) is 24.4 Å². The molecule has 1 aliphatic carbocycles. The second kappa shape index (κ2) is 8.61. The lowest BCUT2D eigenvalue weighted by Crippen LogP contribution is -2.33. The van der Waals surface area contributed by atoms with E-state index in [1.807, 2.05) is 0 Å². The molecule has 0 aliphatic heterocycles. The molecule has 5 heteroatoms. The topological polar surface area (TPSA) is 58.2 Å². The fourth-order valence-electron chi connectivity index (χ4n) is 3.21. The summed E-state index contributed by atoms with van der Waals surface area (Å²) in [6, 6.07) is 13.2. The van der Waals surface area contributed by atoms with Gasteiger partial charge in [0.15, 0.2) is 0 Å². The molecule has 0 radical (unpaired) electrons. The molecule has 136 valence electrons. The Morgan fingerprint density at radius 3 is 2.31 bits per heavy atom. The minimum absolute atomic E-state index is 0.127. The first kappa shape index (κ1) is 18.1. The van der Waals surface area contributed by atoms with Crippen molar-refractivity contribution in [3.63, 3.8) is 0 Å². The highest BCUT2D eigenvalue weighted by atomic mass is 19.1. The zero-order chi connectivity index (χ0) is 18.4. The number of halogens is 1. The predicted molar refractivity (Wildman–Crippen MR) is 98.6 cm³/mol. The first-order valence-electron chi connectivity index (χ1n) is 9.05. The summed E-state index contributed by atoms with van der Waals surface area (Å²) < 4.78 is 12.9. The molecule has 26 heavy (non-hydrogen) atoms. The van der Waals surface area contributed by atoms with E-state index in [1.165, 1.54) is 12.1 Å². The molecule has 0 unspecified atom stereocenters. The summed E-state index contributed by atoms with van der Waals surface area (Å²) in [5, 5.41) is 5.87. The van der Waals surface area contributed by atoms with Crippen molar-refractivity contribution in [1.29, 1.82) is 0 Å². The van der Waals surface area contributed by atoms with Crippen LogP contribution in [0, 0.1) is 5.82 Å². The van der Waals surface area contributed by atoms with Gasteiger partial charge in [0, 0.05) is 23.7 Å². The lowest BCUT2D eigenvalue weighted by atomic mass is 10.1. The Labute approximate surface area is 152 Å². The molecule has 0 atom stereocenters. The fraction of sp³-hybridized carbons (Fsp3) is 0.333. The van der Waals surface area contributed by atoms with Crippen LogP contribution in [0.3, 0.4) is 0 Å². The lowest BCUT2D eigenvalue weighted by Gasteiger charge is -2.12. The molecule has 0 aromatic heterocycles. The Bertz CT molecular complexity index is 768. The minimum atomic E-state index is -0.273. The maximum atomic E-state index is 12.9. The number of hydrogen-bond acceptors (Lipinski definition) is 2. The van der Waals surface area contributed by atoms with Gasteiger partial charge in [-0.3, -0.25) is 9.59 Å². The zero-order valence-corrected chi connectivity index (χ0v) is 14.6. The van der Waals surface area contributed by atoms with Gasteiger partial charge in [-0.05, 0) is 55.2 Å². The van der Waals surface area contributed by atoms with Gasteiger partial charge in [-0.1, -0.05) is 31.0 Å². The molecule has 2 amide bonds. The van der Waals surface area contributed by atoms with E-state index in [0.717, 1.165) is 31.2 Å². The van der Waals surface area contributed by atoms with E-state index < -0.39 is 0 Å². The average molecular weight is 354 g/mol. The minimum Gasteiger partial charge on any atom is -0.352 e. The normalized spacial score (nSPS) is 14.2. The molecule has 2 aromatic rings. The molecule has 0 spiro atoms. The third kappa shape index (κ3) is 4.91. The molecule has 3 rings (SSSR count). The second-order valence-corrected chi connectivity index (χ2v) is 6.67. The van der Waals surface area contributed by atoms with Gasteiger partial charge in [-0.25, -0.2) is 4.39 Å². The van der Waals surface area contributed by atoms with Crippen LogP contribution in [-0.2, 0) is 6.42 Å². The van der Waals surface area contributed by atoms with Crippen molar-refractivity contribution in [3.8, 4) is 0 Å². The van der Waals surface area contributed by atoms with Gasteiger partial charge in [-0.15, -0.1) is 0 Å². The Hall–Kier alpha value is -2.69. The highest BCUT2D eigenvalue weighted by molar-refractivity contribution is 5.99. The van der Waals surface area contributed by atoms with E-state index in [9.17, 15) is 14.0 Å². The third-order valence-corrected chi connectivity index (χ3v) is 4.69. The number of benzene rings is 2. The van der Waals surface area contributed by atoms with E-state index in [2.05, 4.69) is 10.6 Å². The van der Waals surface area contributed by atoms with Crippen LogP contribution in [0.5, 0.6) is 0 Å². The molecule has 4 nitrogen and oxygen atoms in total. The zero-order valence-electron chi connectivity index (χ0n) is 14.6. The number of carbonyl (C=O) groups excluding carboxylic acids is 2. The SMILES string of the molecule is O=C(NCCc1ccc(F)cc1)c1cccc(C(=O)NC2CCCC2)c1. The molecule has 0 bridgehead atoms. The van der Waals surface area contributed by atoms with Crippen LogP contribution >= 0.6 is 0 Å². The van der Waals surface area contributed by atoms with E-state index in [1.54, 1.807) is 36.4 Å². The smallest absolute Gasteiger partial charge is 0.251 e. The lowest BCUT2D eigenvalue weighted by molar-refractivity contribution is 0.0938. The van der Waals surface area contributed by atoms with Crippen molar-refractivity contribution in [2.75, 3.05) is 6.54 Å². The van der Waals surface area contributed by atoms with E-state index in [-0.39, 0.29) is 23.7 Å². The Kier molecular flexibility index (Phi) is 6.00. The quantitative estimate of drug-likeness (QED) is 0.834. The first-order chi connectivity index (χ1) is 12.6. The van der Waals surface area contributed by atoms with Crippen molar-refractivity contribution >= 4 is 11.8 Å². The van der Waals surface area contributed by atoms with Crippen molar-refractivity contribution in [2.45, 2.75) is 38.1 Å². The number of hydrogen-bond donors (Lipinski definition) is 2. The number of amides is 2. The van der Waals surface area contributed by atoms with Gasteiger partial charge in [-0.2, -0.15) is 0 Å². The molecule has 1 aliphatic rings. The van der Waals surface area contributed by atoms with Gasteiger partial charge in [0.1, 0.15) is 5.82 Å². The Morgan fingerprint density at radius 1 is 0.962 bits per heavy atom. The highest BCUT2D eigenvalue weighted by Crippen LogP contribution is 2.18. The van der Waals surface area contributed by atoms with Gasteiger partial charge >= 0.3 is 0 Å². The van der Waals surface area contributed by atoms with Crippen LogP contribution in [0.15, 0.2) is 48.5 Å². The van der Waals surface area contributed by atoms with Crippen molar-refractivity contribution in [2.24, 2.45) is 0 Å². The van der Waals surface area contributed by atoms with Gasteiger partial charge in [0.25, 0.3) is 11.8 Å². The Balaban J connectivity index is 1.53. The molecule has 0 saturated heterocycles. The van der Waals surface area contributed by atoms with Gasteiger partial charge in [0.05, 0.1) is 0 Å². The standard InChI is InChI=1S/C21H23FN2O2/c22-18-10-8-15(9-11-18)12-13-23-20(25)16-4-3-5-17(14-16)21(26)24-19-6-1-2-7-19/h3-5,8-11,14,19H,1-2,6-7,12-13H2,(H,23,25)(H,24,26). The summed E-state index contributed by atoms with van der Waals surface area (Å²) in [5.41, 5.74) is 1.92. The summed E-state index contributed by atoms with van der Waals surface area (Å²) in [5.74, 6) is -0.619. The maximum Gasteiger partial charge on any atom is 0.251 e. The summed E-state index contributed by atoms with van der Waals surface area (Å²) in [7, 11) is 0. The number of rotatable bonds is 6. The highest BCUT2D eigenvalue weighted by Gasteiger charge is 2.18. The van der Waals surface area contributed by atoms with E-state index in [0.29, 0.717) is 24.1 Å². The summed E-state index contributed by atoms with van der Waals surface area (Å²) in [6.45, 7) is 0.447. The molecular formula is C21H23FN2O2. The Morgan fingerprint density at radius 2 is 1.62 bits per heavy atom. The fourth-order valence-corrected chi connectivity index (χ4v) is 3.21. The first-order valence-corrected chi connectivity index (χ1v) is 9.05. The van der Waals surface area contributed by atoms with Gasteiger partial charge in [0.2, 0.25) is 0 Å². The number of nitrogens with one attached hydrogen (secondary N) is 2. The van der Waals surface area contributed by atoms with Crippen molar-refractivity contribution in [3.05, 3.63) is 71.0 Å². The average Bonchev–Trinajstić information content (AvgIpc) is 3.16. The molecule has 0 heterocycles. The van der Waals surface area contributed by atoms with Crippen LogP contribution < -0.4 is 10.6 Å². The third-order valence-electron chi connectivity index (χ3n) is 4.69. The van der Waals surface area contributed by atoms with Crippen LogP contribution in [0.25, 0.3) is 0 Å². The largest absolute Gasteiger partial charge is 0.352 e. The molecule has 2 aromatic carbocycles. The van der Waals surface area contributed by atoms with Crippen molar-refractivity contribution < 1.29 is 14.0 Å². The second-order valence-electron chi connectivity index (χ2n) is 6.67.